The van der Waals surface area contributed by atoms with Crippen LogP contribution in [0.4, 0.5) is 5.13 Å². The summed E-state index contributed by atoms with van der Waals surface area (Å²) in [6.07, 6.45) is -0.148. The zero-order valence-electron chi connectivity index (χ0n) is 10.3. The predicted octanol–water partition coefficient (Wildman–Crippen LogP) is 1.66. The summed E-state index contributed by atoms with van der Waals surface area (Å²) < 4.78 is 0.739. The maximum absolute atomic E-state index is 11.7. The Labute approximate surface area is 126 Å². The van der Waals surface area contributed by atoms with Crippen molar-refractivity contribution >= 4 is 51.4 Å². The van der Waals surface area contributed by atoms with E-state index in [0.29, 0.717) is 10.8 Å². The van der Waals surface area contributed by atoms with Gasteiger partial charge in [-0.2, -0.15) is 0 Å². The van der Waals surface area contributed by atoms with Crippen molar-refractivity contribution in [3.63, 3.8) is 0 Å². The number of carbonyl (C=O) groups is 2. The Morgan fingerprint density at radius 1 is 1.45 bits per heavy atom. The Morgan fingerprint density at radius 2 is 2.25 bits per heavy atom. The van der Waals surface area contributed by atoms with E-state index in [0.717, 1.165) is 9.35 Å². The first-order chi connectivity index (χ1) is 9.52. The normalized spacial score (nSPS) is 10.4. The van der Waals surface area contributed by atoms with Crippen molar-refractivity contribution < 1.29 is 14.7 Å². The van der Waals surface area contributed by atoms with Crippen LogP contribution < -0.4 is 5.32 Å². The average Bonchev–Trinajstić information content (AvgIpc) is 2.95. The number of carboxylic acids is 1. The van der Waals surface area contributed by atoms with Crippen LogP contribution in [0, 0.1) is 6.92 Å². The molecule has 1 amide bonds. The summed E-state index contributed by atoms with van der Waals surface area (Å²) >= 11 is 3.94. The molecule has 0 fully saturated rings. The molecule has 0 radical (unpaired) electrons. The fraction of sp³-hybridized carbons (Fsp3) is 0.300. The van der Waals surface area contributed by atoms with Gasteiger partial charge in [0.1, 0.15) is 5.01 Å². The molecule has 0 saturated carbocycles. The van der Waals surface area contributed by atoms with E-state index in [4.69, 9.17) is 5.11 Å². The summed E-state index contributed by atoms with van der Waals surface area (Å²) in [4.78, 5) is 26.2. The molecule has 0 aliphatic rings. The molecule has 2 rings (SSSR count). The summed E-state index contributed by atoms with van der Waals surface area (Å²) in [5, 5.41) is 21.9. The fourth-order valence-corrected chi connectivity index (χ4v) is 3.56. The number of amides is 1. The quantitative estimate of drug-likeness (QED) is 0.776. The molecule has 0 aliphatic carbocycles. The maximum atomic E-state index is 11.7. The average molecular weight is 330 g/mol. The van der Waals surface area contributed by atoms with Crippen molar-refractivity contribution in [2.24, 2.45) is 0 Å². The molecule has 106 valence electrons. The van der Waals surface area contributed by atoms with E-state index in [1.54, 1.807) is 5.38 Å². The van der Waals surface area contributed by atoms with Gasteiger partial charge in [-0.05, 0) is 6.92 Å². The highest BCUT2D eigenvalue weighted by molar-refractivity contribution is 8.01. The predicted molar refractivity (Wildman–Crippen MR) is 77.5 cm³/mol. The third kappa shape index (κ3) is 4.54. The van der Waals surface area contributed by atoms with E-state index in [1.165, 1.54) is 34.4 Å². The Kier molecular flexibility index (Phi) is 5.04. The number of thioether (sulfide) groups is 1. The standard InChI is InChI=1S/C10H10N4O3S3/c1-5-13-14-10(20-5)19-4-7(15)12-9-11-6(3-18-9)2-8(16)17/h3H,2,4H2,1H3,(H,16,17)(H,11,12,15). The highest BCUT2D eigenvalue weighted by atomic mass is 32.2. The van der Waals surface area contributed by atoms with Gasteiger partial charge in [-0.15, -0.1) is 21.5 Å². The maximum Gasteiger partial charge on any atom is 0.309 e. The van der Waals surface area contributed by atoms with Gasteiger partial charge in [-0.25, -0.2) is 4.98 Å². The molecular formula is C10H10N4O3S3. The molecule has 0 unspecified atom stereocenters. The Morgan fingerprint density at radius 3 is 2.90 bits per heavy atom. The minimum Gasteiger partial charge on any atom is -0.481 e. The van der Waals surface area contributed by atoms with Crippen molar-refractivity contribution in [3.05, 3.63) is 16.1 Å². The lowest BCUT2D eigenvalue weighted by Gasteiger charge is -1.99. The number of thiazole rings is 1. The first-order valence-electron chi connectivity index (χ1n) is 5.42. The minimum atomic E-state index is -0.949. The highest BCUT2D eigenvalue weighted by Crippen LogP contribution is 2.22. The number of aromatic nitrogens is 3. The first kappa shape index (κ1) is 14.9. The lowest BCUT2D eigenvalue weighted by Crippen LogP contribution is -2.14. The van der Waals surface area contributed by atoms with Gasteiger partial charge in [0.15, 0.2) is 9.47 Å². The van der Waals surface area contributed by atoms with Crippen molar-refractivity contribution in [2.75, 3.05) is 11.1 Å². The van der Waals surface area contributed by atoms with Gasteiger partial charge in [0.2, 0.25) is 5.91 Å². The van der Waals surface area contributed by atoms with Gasteiger partial charge < -0.3 is 10.4 Å². The summed E-state index contributed by atoms with van der Waals surface area (Å²) in [6.45, 7) is 1.85. The van der Waals surface area contributed by atoms with Crippen LogP contribution in [-0.2, 0) is 16.0 Å². The number of nitrogens with one attached hydrogen (secondary N) is 1. The molecule has 2 aromatic rings. The number of aryl methyl sites for hydroxylation is 1. The smallest absolute Gasteiger partial charge is 0.309 e. The number of carbonyl (C=O) groups excluding carboxylic acids is 1. The van der Waals surface area contributed by atoms with Gasteiger partial charge in [-0.1, -0.05) is 23.1 Å². The number of carboxylic acid groups (broad SMARTS) is 1. The first-order valence-corrected chi connectivity index (χ1v) is 8.10. The van der Waals surface area contributed by atoms with Crippen LogP contribution in [0.2, 0.25) is 0 Å². The molecular weight excluding hydrogens is 320 g/mol. The number of anilines is 1. The number of aliphatic carboxylic acids is 1. The SMILES string of the molecule is Cc1nnc(SCC(=O)Nc2nc(CC(=O)O)cs2)s1. The van der Waals surface area contributed by atoms with Crippen molar-refractivity contribution in [3.8, 4) is 0 Å². The molecule has 0 saturated heterocycles. The molecule has 0 atom stereocenters. The van der Waals surface area contributed by atoms with Crippen LogP contribution in [0.5, 0.6) is 0 Å². The lowest BCUT2D eigenvalue weighted by molar-refractivity contribution is -0.136. The van der Waals surface area contributed by atoms with Gasteiger partial charge in [-0.3, -0.25) is 9.59 Å². The summed E-state index contributed by atoms with van der Waals surface area (Å²) in [5.74, 6) is -0.947. The van der Waals surface area contributed by atoms with E-state index < -0.39 is 5.97 Å². The van der Waals surface area contributed by atoms with Crippen LogP contribution in [0.15, 0.2) is 9.72 Å². The molecule has 2 aromatic heterocycles. The summed E-state index contributed by atoms with van der Waals surface area (Å²) in [6, 6.07) is 0. The Hall–Kier alpha value is -1.52. The van der Waals surface area contributed by atoms with Gasteiger partial charge in [0, 0.05) is 5.38 Å². The third-order valence-electron chi connectivity index (χ3n) is 1.96. The second-order valence-corrected chi connectivity index (χ2v) is 6.90. The van der Waals surface area contributed by atoms with Crippen molar-refractivity contribution in [2.45, 2.75) is 17.7 Å². The third-order valence-corrected chi connectivity index (χ3v) is 4.74. The van der Waals surface area contributed by atoms with Crippen LogP contribution in [0.1, 0.15) is 10.7 Å². The second kappa shape index (κ2) is 6.77. The van der Waals surface area contributed by atoms with Gasteiger partial charge in [0.05, 0.1) is 17.9 Å². The largest absolute Gasteiger partial charge is 0.481 e. The molecule has 2 heterocycles. The molecule has 0 aliphatic heterocycles. The number of nitrogens with zero attached hydrogens (tertiary/aromatic N) is 3. The highest BCUT2D eigenvalue weighted by Gasteiger charge is 2.10. The topological polar surface area (TPSA) is 105 Å². The lowest BCUT2D eigenvalue weighted by atomic mass is 10.3. The minimum absolute atomic E-state index is 0.148. The number of rotatable bonds is 6. The Balaban J connectivity index is 1.82. The molecule has 10 heteroatoms. The molecule has 7 nitrogen and oxygen atoms in total. The van der Waals surface area contributed by atoms with Crippen LogP contribution in [-0.4, -0.2) is 37.9 Å². The monoisotopic (exact) mass is 330 g/mol. The molecule has 2 N–H and O–H groups in total. The molecule has 0 spiro atoms. The second-order valence-electron chi connectivity index (χ2n) is 3.64. The summed E-state index contributed by atoms with van der Waals surface area (Å²) in [5.41, 5.74) is 0.435. The van der Waals surface area contributed by atoms with E-state index in [-0.39, 0.29) is 18.1 Å². The van der Waals surface area contributed by atoms with Crippen LogP contribution in [0.25, 0.3) is 0 Å². The van der Waals surface area contributed by atoms with Gasteiger partial charge in [0.25, 0.3) is 0 Å². The summed E-state index contributed by atoms with van der Waals surface area (Å²) in [7, 11) is 0. The van der Waals surface area contributed by atoms with Crippen LogP contribution >= 0.6 is 34.4 Å². The van der Waals surface area contributed by atoms with E-state index in [9.17, 15) is 9.59 Å². The molecule has 0 aromatic carbocycles. The fourth-order valence-electron chi connectivity index (χ4n) is 1.22. The van der Waals surface area contributed by atoms with Crippen LogP contribution in [0.3, 0.4) is 0 Å². The van der Waals surface area contributed by atoms with E-state index in [1.807, 2.05) is 6.92 Å². The van der Waals surface area contributed by atoms with Gasteiger partial charge >= 0.3 is 5.97 Å². The number of hydrogen-bond donors (Lipinski definition) is 2. The van der Waals surface area contributed by atoms with Crippen molar-refractivity contribution in [1.82, 2.24) is 15.2 Å². The van der Waals surface area contributed by atoms with E-state index >= 15 is 0 Å². The van der Waals surface area contributed by atoms with E-state index in [2.05, 4.69) is 20.5 Å². The zero-order valence-corrected chi connectivity index (χ0v) is 12.8. The molecule has 0 bridgehead atoms. The number of hydrogen-bond acceptors (Lipinski definition) is 8. The van der Waals surface area contributed by atoms with Crippen molar-refractivity contribution in [1.29, 1.82) is 0 Å². The molecule has 20 heavy (non-hydrogen) atoms. The Bertz CT molecular complexity index is 625. The zero-order chi connectivity index (χ0) is 14.5.